The summed E-state index contributed by atoms with van der Waals surface area (Å²) in [5.74, 6) is -0.493. The van der Waals surface area contributed by atoms with Gasteiger partial charge in [-0.25, -0.2) is 4.79 Å². The number of benzene rings is 1. The van der Waals surface area contributed by atoms with Crippen LogP contribution in [0.3, 0.4) is 0 Å². The van der Waals surface area contributed by atoms with Gasteiger partial charge in [0.05, 0.1) is 10.5 Å². The van der Waals surface area contributed by atoms with Gasteiger partial charge in [-0.1, -0.05) is 19.8 Å². The van der Waals surface area contributed by atoms with Gasteiger partial charge in [0, 0.05) is 32.2 Å². The van der Waals surface area contributed by atoms with Crippen molar-refractivity contribution in [1.29, 1.82) is 0 Å². The number of nitrogens with zero attached hydrogens (tertiary/aromatic N) is 3. The van der Waals surface area contributed by atoms with Crippen LogP contribution in [0.15, 0.2) is 18.2 Å². The molecule has 29 heavy (non-hydrogen) atoms. The third kappa shape index (κ3) is 5.46. The average Bonchev–Trinajstić information content (AvgIpc) is 3.00. The average molecular weight is 403 g/mol. The molecule has 0 saturated carbocycles. The van der Waals surface area contributed by atoms with Gasteiger partial charge in [0.25, 0.3) is 11.6 Å². The number of rotatable bonds is 5. The second-order valence-corrected chi connectivity index (χ2v) is 8.03. The number of carbonyl (C=O) groups is 2. The molecular formula is C21H29N3O5. The number of nitro benzene ring substituents is 1. The number of carbonyl (C=O) groups excluding carboxylic acids is 2. The van der Waals surface area contributed by atoms with Gasteiger partial charge in [0.15, 0.2) is 6.61 Å². The zero-order valence-electron chi connectivity index (χ0n) is 17.0. The maximum atomic E-state index is 12.4. The monoisotopic (exact) mass is 403 g/mol. The highest BCUT2D eigenvalue weighted by atomic mass is 16.6. The normalized spacial score (nSPS) is 20.1. The highest BCUT2D eigenvalue weighted by Crippen LogP contribution is 2.31. The summed E-state index contributed by atoms with van der Waals surface area (Å²) >= 11 is 0. The third-order valence-corrected chi connectivity index (χ3v) is 5.69. The number of nitro groups is 1. The summed E-state index contributed by atoms with van der Waals surface area (Å²) in [6.07, 6.45) is 6.29. The largest absolute Gasteiger partial charge is 0.452 e. The topological polar surface area (TPSA) is 93.0 Å². The Kier molecular flexibility index (Phi) is 7.06. The van der Waals surface area contributed by atoms with E-state index >= 15 is 0 Å². The molecule has 2 saturated heterocycles. The van der Waals surface area contributed by atoms with Crippen molar-refractivity contribution in [1.82, 2.24) is 4.90 Å². The first kappa shape index (κ1) is 21.1. The zero-order chi connectivity index (χ0) is 20.8. The van der Waals surface area contributed by atoms with E-state index in [1.54, 1.807) is 17.0 Å². The van der Waals surface area contributed by atoms with Crippen LogP contribution in [0, 0.1) is 16.0 Å². The first-order valence-corrected chi connectivity index (χ1v) is 10.4. The molecular weight excluding hydrogens is 374 g/mol. The van der Waals surface area contributed by atoms with Crippen LogP contribution >= 0.6 is 0 Å². The number of amides is 1. The molecule has 0 aliphatic carbocycles. The molecule has 0 unspecified atom stereocenters. The van der Waals surface area contributed by atoms with Crippen LogP contribution in [-0.4, -0.2) is 54.5 Å². The van der Waals surface area contributed by atoms with Crippen LogP contribution in [0.1, 0.15) is 55.8 Å². The van der Waals surface area contributed by atoms with E-state index in [1.165, 1.54) is 6.07 Å². The first-order valence-electron chi connectivity index (χ1n) is 10.4. The van der Waals surface area contributed by atoms with Crippen LogP contribution in [-0.2, 0) is 9.53 Å². The fourth-order valence-corrected chi connectivity index (χ4v) is 4.09. The summed E-state index contributed by atoms with van der Waals surface area (Å²) in [6.45, 7) is 4.65. The van der Waals surface area contributed by atoms with Gasteiger partial charge in [0.1, 0.15) is 5.69 Å². The summed E-state index contributed by atoms with van der Waals surface area (Å²) in [7, 11) is 0. The van der Waals surface area contributed by atoms with Gasteiger partial charge >= 0.3 is 5.97 Å². The third-order valence-electron chi connectivity index (χ3n) is 5.69. The lowest BCUT2D eigenvalue weighted by atomic mass is 10.0. The lowest BCUT2D eigenvalue weighted by molar-refractivity contribution is -0.384. The second kappa shape index (κ2) is 9.71. The lowest BCUT2D eigenvalue weighted by Crippen LogP contribution is -2.41. The van der Waals surface area contributed by atoms with E-state index in [0.717, 1.165) is 51.6 Å². The lowest BCUT2D eigenvalue weighted by Gasteiger charge is -2.30. The highest BCUT2D eigenvalue weighted by molar-refractivity contribution is 5.93. The summed E-state index contributed by atoms with van der Waals surface area (Å²) in [6, 6.07) is 4.42. The molecule has 8 heteroatoms. The molecule has 0 spiro atoms. The molecule has 0 radical (unpaired) electrons. The van der Waals surface area contributed by atoms with Crippen LogP contribution in [0.5, 0.6) is 0 Å². The molecule has 0 aromatic heterocycles. The van der Waals surface area contributed by atoms with Gasteiger partial charge in [-0.3, -0.25) is 14.9 Å². The Hall–Kier alpha value is -2.64. The number of hydrogen-bond acceptors (Lipinski definition) is 6. The molecule has 0 bridgehead atoms. The van der Waals surface area contributed by atoms with Crippen LogP contribution in [0.25, 0.3) is 0 Å². The fourth-order valence-electron chi connectivity index (χ4n) is 4.09. The van der Waals surface area contributed by atoms with Gasteiger partial charge < -0.3 is 14.5 Å². The predicted octanol–water partition coefficient (Wildman–Crippen LogP) is 3.39. The molecule has 2 fully saturated rings. The Balaban J connectivity index is 1.66. The second-order valence-electron chi connectivity index (χ2n) is 8.03. The molecule has 2 aliphatic heterocycles. The van der Waals surface area contributed by atoms with Gasteiger partial charge in [-0.2, -0.15) is 0 Å². The van der Waals surface area contributed by atoms with E-state index in [-0.39, 0.29) is 23.8 Å². The van der Waals surface area contributed by atoms with E-state index in [0.29, 0.717) is 24.7 Å². The summed E-state index contributed by atoms with van der Waals surface area (Å²) < 4.78 is 5.15. The molecule has 1 amide bonds. The molecule has 2 aliphatic rings. The maximum absolute atomic E-state index is 12.4. The van der Waals surface area contributed by atoms with Crippen molar-refractivity contribution in [3.8, 4) is 0 Å². The van der Waals surface area contributed by atoms with E-state index in [2.05, 4.69) is 6.92 Å². The summed E-state index contributed by atoms with van der Waals surface area (Å²) in [5, 5.41) is 11.6. The number of likely N-dealkylation sites (tertiary alicyclic amines) is 1. The van der Waals surface area contributed by atoms with E-state index in [4.69, 9.17) is 4.74 Å². The Bertz CT molecular complexity index is 759. The molecule has 158 valence electrons. The quantitative estimate of drug-likeness (QED) is 0.425. The molecule has 8 nitrogen and oxygen atoms in total. The Morgan fingerprint density at radius 1 is 1.14 bits per heavy atom. The molecule has 0 N–H and O–H groups in total. The molecule has 1 aromatic carbocycles. The summed E-state index contributed by atoms with van der Waals surface area (Å²) in [4.78, 5) is 39.5. The minimum atomic E-state index is -0.714. The van der Waals surface area contributed by atoms with Crippen molar-refractivity contribution in [3.63, 3.8) is 0 Å². The van der Waals surface area contributed by atoms with Crippen molar-refractivity contribution in [3.05, 3.63) is 33.9 Å². The zero-order valence-corrected chi connectivity index (χ0v) is 17.0. The Morgan fingerprint density at radius 3 is 2.52 bits per heavy atom. The smallest absolute Gasteiger partial charge is 0.338 e. The van der Waals surface area contributed by atoms with Gasteiger partial charge in [-0.15, -0.1) is 0 Å². The van der Waals surface area contributed by atoms with Crippen LogP contribution < -0.4 is 4.90 Å². The number of anilines is 1. The van der Waals surface area contributed by atoms with Gasteiger partial charge in [-0.05, 0) is 43.7 Å². The standard InChI is InChI=1S/C21H29N3O5/c1-16-7-6-12-23(14-16)20(25)15-29-21(26)17-8-9-18(19(13-17)24(27)28)22-10-4-2-3-5-11-22/h8-9,13,16H,2-7,10-12,14-15H2,1H3/t16-/m0/s1. The SMILES string of the molecule is C[C@H]1CCCN(C(=O)COC(=O)c2ccc(N3CCCCCC3)c([N+](=O)[O-])c2)C1. The first-order chi connectivity index (χ1) is 14.0. The van der Waals surface area contributed by atoms with E-state index in [9.17, 15) is 19.7 Å². The Morgan fingerprint density at radius 2 is 1.86 bits per heavy atom. The van der Waals surface area contributed by atoms with Crippen molar-refractivity contribution >= 4 is 23.3 Å². The Labute approximate surface area is 171 Å². The number of esters is 1. The molecule has 3 rings (SSSR count). The highest BCUT2D eigenvalue weighted by Gasteiger charge is 2.25. The molecule has 1 atom stereocenters. The van der Waals surface area contributed by atoms with E-state index < -0.39 is 10.9 Å². The predicted molar refractivity (Wildman–Crippen MR) is 109 cm³/mol. The fraction of sp³-hybridized carbons (Fsp3) is 0.619. The maximum Gasteiger partial charge on any atom is 0.338 e. The molecule has 2 heterocycles. The molecule has 1 aromatic rings. The number of piperidine rings is 1. The summed E-state index contributed by atoms with van der Waals surface area (Å²) in [5.41, 5.74) is 0.527. The van der Waals surface area contributed by atoms with Crippen LogP contribution in [0.2, 0.25) is 0 Å². The van der Waals surface area contributed by atoms with Gasteiger partial charge in [0.2, 0.25) is 0 Å². The minimum Gasteiger partial charge on any atom is -0.452 e. The minimum absolute atomic E-state index is 0.0927. The van der Waals surface area contributed by atoms with E-state index in [1.807, 2.05) is 4.90 Å². The van der Waals surface area contributed by atoms with Crippen molar-refractivity contribution in [2.75, 3.05) is 37.7 Å². The van der Waals surface area contributed by atoms with Crippen molar-refractivity contribution in [2.45, 2.75) is 45.4 Å². The number of hydrogen-bond donors (Lipinski definition) is 0. The van der Waals surface area contributed by atoms with Crippen LogP contribution in [0.4, 0.5) is 11.4 Å². The van der Waals surface area contributed by atoms with Crippen molar-refractivity contribution < 1.29 is 19.2 Å². The van der Waals surface area contributed by atoms with Crippen molar-refractivity contribution in [2.24, 2.45) is 5.92 Å². The number of ether oxygens (including phenoxy) is 1.